The number of aliphatic hydroxyl groups is 1. The summed E-state index contributed by atoms with van der Waals surface area (Å²) < 4.78 is 0. The van der Waals surface area contributed by atoms with Gasteiger partial charge in [0.1, 0.15) is 0 Å². The fourth-order valence-corrected chi connectivity index (χ4v) is 5.71. The number of rotatable bonds is 6. The van der Waals surface area contributed by atoms with Crippen molar-refractivity contribution in [2.24, 2.45) is 11.7 Å². The largest absolute Gasteiger partial charge is 0.385 e. The van der Waals surface area contributed by atoms with Crippen LogP contribution in [0.5, 0.6) is 0 Å². The first kappa shape index (κ1) is 23.0. The fourth-order valence-electron chi connectivity index (χ4n) is 5.71. The molecule has 2 aliphatic rings. The molecule has 1 aliphatic carbocycles. The second-order valence-corrected chi connectivity index (χ2v) is 10.4. The van der Waals surface area contributed by atoms with Gasteiger partial charge in [0.25, 0.3) is 0 Å². The Morgan fingerprint density at radius 1 is 1.06 bits per heavy atom. The number of likely N-dealkylation sites (tertiary alicyclic amines) is 1. The van der Waals surface area contributed by atoms with Gasteiger partial charge in [-0.05, 0) is 72.4 Å². The topological polar surface area (TPSA) is 66.6 Å². The summed E-state index contributed by atoms with van der Waals surface area (Å²) in [4.78, 5) is 14.2. The lowest BCUT2D eigenvalue weighted by atomic mass is 9.68. The van der Waals surface area contributed by atoms with E-state index in [2.05, 4.69) is 49.1 Å². The van der Waals surface area contributed by atoms with E-state index in [1.807, 2.05) is 12.1 Å². The number of amides is 1. The second-order valence-electron chi connectivity index (χ2n) is 10.4. The molecule has 2 aromatic carbocycles. The van der Waals surface area contributed by atoms with Crippen LogP contribution in [0.1, 0.15) is 79.4 Å². The minimum Gasteiger partial charge on any atom is -0.385 e. The van der Waals surface area contributed by atoms with Gasteiger partial charge >= 0.3 is 0 Å². The van der Waals surface area contributed by atoms with Crippen molar-refractivity contribution in [2.75, 3.05) is 19.6 Å². The average Bonchev–Trinajstić information content (AvgIpc) is 2.80. The minimum absolute atomic E-state index is 0.0477. The van der Waals surface area contributed by atoms with E-state index >= 15 is 0 Å². The fraction of sp³-hybridized carbons (Fsp3) is 0.536. The molecular formula is C28H38N2O2. The van der Waals surface area contributed by atoms with E-state index in [1.165, 1.54) is 17.5 Å². The summed E-state index contributed by atoms with van der Waals surface area (Å²) >= 11 is 0. The molecule has 3 N–H and O–H groups in total. The predicted octanol–water partition coefficient (Wildman–Crippen LogP) is 4.78. The van der Waals surface area contributed by atoms with E-state index in [9.17, 15) is 9.90 Å². The van der Waals surface area contributed by atoms with E-state index < -0.39 is 5.60 Å². The van der Waals surface area contributed by atoms with Crippen LogP contribution in [0, 0.1) is 5.92 Å². The molecule has 1 saturated heterocycles. The normalized spacial score (nSPS) is 26.0. The van der Waals surface area contributed by atoms with Crippen molar-refractivity contribution in [3.05, 3.63) is 70.8 Å². The Labute approximate surface area is 192 Å². The second kappa shape index (κ2) is 9.36. The zero-order valence-electron chi connectivity index (χ0n) is 19.6. The highest BCUT2D eigenvalue weighted by molar-refractivity contribution is 5.92. The molecule has 1 amide bonds. The zero-order valence-corrected chi connectivity index (χ0v) is 19.6. The maximum atomic E-state index is 11.6. The van der Waals surface area contributed by atoms with Crippen LogP contribution < -0.4 is 5.73 Å². The molecule has 4 rings (SSSR count). The quantitative estimate of drug-likeness (QED) is 0.688. The third-order valence-electron chi connectivity index (χ3n) is 8.24. The van der Waals surface area contributed by atoms with Gasteiger partial charge in [-0.15, -0.1) is 0 Å². The zero-order chi connectivity index (χ0) is 22.8. The van der Waals surface area contributed by atoms with Crippen molar-refractivity contribution in [1.82, 2.24) is 4.90 Å². The van der Waals surface area contributed by atoms with Crippen LogP contribution in [0.2, 0.25) is 0 Å². The highest BCUT2D eigenvalue weighted by Gasteiger charge is 2.38. The summed E-state index contributed by atoms with van der Waals surface area (Å²) in [6.07, 6.45) is 7.31. The summed E-state index contributed by atoms with van der Waals surface area (Å²) in [7, 11) is 0. The molecule has 1 aliphatic heterocycles. The summed E-state index contributed by atoms with van der Waals surface area (Å²) in [6.45, 7) is 7.77. The summed E-state index contributed by atoms with van der Waals surface area (Å²) in [6, 6.07) is 16.5. The van der Waals surface area contributed by atoms with Gasteiger partial charge in [0.05, 0.1) is 5.60 Å². The number of nitrogens with zero attached hydrogens (tertiary/aromatic N) is 1. The van der Waals surface area contributed by atoms with Crippen LogP contribution in [-0.4, -0.2) is 35.5 Å². The molecule has 2 fully saturated rings. The Morgan fingerprint density at radius 2 is 1.78 bits per heavy atom. The van der Waals surface area contributed by atoms with E-state index in [0.717, 1.165) is 63.7 Å². The number of primary amides is 1. The van der Waals surface area contributed by atoms with Crippen LogP contribution in [0.4, 0.5) is 0 Å². The molecule has 0 spiro atoms. The molecule has 0 aromatic heterocycles. The molecule has 1 saturated carbocycles. The third kappa shape index (κ3) is 4.77. The van der Waals surface area contributed by atoms with E-state index in [-0.39, 0.29) is 11.3 Å². The molecular weight excluding hydrogens is 396 g/mol. The number of carbonyl (C=O) groups excluding carboxylic acids is 1. The summed E-state index contributed by atoms with van der Waals surface area (Å²) in [5, 5.41) is 11.1. The first-order chi connectivity index (χ1) is 15.3. The lowest BCUT2D eigenvalue weighted by Crippen LogP contribution is -2.47. The predicted molar refractivity (Wildman–Crippen MR) is 130 cm³/mol. The minimum atomic E-state index is -0.630. The van der Waals surface area contributed by atoms with Gasteiger partial charge in [-0.1, -0.05) is 69.5 Å². The van der Waals surface area contributed by atoms with Crippen LogP contribution in [0.25, 0.3) is 0 Å². The lowest BCUT2D eigenvalue weighted by molar-refractivity contribution is -0.000705. The Bertz CT molecular complexity index is 950. The number of carbonyl (C=O) groups is 1. The molecule has 4 nitrogen and oxygen atoms in total. The maximum absolute atomic E-state index is 11.6. The van der Waals surface area contributed by atoms with E-state index in [4.69, 9.17) is 5.73 Å². The smallest absolute Gasteiger partial charge is 0.248 e. The molecule has 172 valence electrons. The standard InChI is InChI=1S/C28H38N2O2/c1-21-20-30(17-15-27(21,2)24-10-7-9-23(19-24)26(29)31)16-12-22-8-6-11-25(18-22)28(32)13-4-3-5-14-28/h6-11,18-19,21,32H,3-5,12-17,20H2,1-2H3,(H2,29,31)/t21-,27-/m0/s1. The van der Waals surface area contributed by atoms with Crippen molar-refractivity contribution in [3.8, 4) is 0 Å². The molecule has 2 atom stereocenters. The SMILES string of the molecule is C[C@H]1CN(CCc2cccc(C3(O)CCCCC3)c2)CC[C@]1(C)c1cccc(C(N)=O)c1. The molecule has 0 unspecified atom stereocenters. The number of benzene rings is 2. The van der Waals surface area contributed by atoms with Crippen molar-refractivity contribution in [1.29, 1.82) is 0 Å². The first-order valence-electron chi connectivity index (χ1n) is 12.2. The van der Waals surface area contributed by atoms with Crippen LogP contribution >= 0.6 is 0 Å². The van der Waals surface area contributed by atoms with Gasteiger partial charge in [-0.3, -0.25) is 4.79 Å². The van der Waals surface area contributed by atoms with Crippen LogP contribution in [0.3, 0.4) is 0 Å². The van der Waals surface area contributed by atoms with Crippen molar-refractivity contribution in [3.63, 3.8) is 0 Å². The van der Waals surface area contributed by atoms with Gasteiger partial charge in [0.15, 0.2) is 0 Å². The monoisotopic (exact) mass is 434 g/mol. The summed E-state index contributed by atoms with van der Waals surface area (Å²) in [5.74, 6) is 0.120. The molecule has 0 bridgehead atoms. The number of nitrogens with two attached hydrogens (primary N) is 1. The molecule has 32 heavy (non-hydrogen) atoms. The van der Waals surface area contributed by atoms with Gasteiger partial charge < -0.3 is 15.7 Å². The van der Waals surface area contributed by atoms with Crippen molar-refractivity contribution < 1.29 is 9.90 Å². The molecule has 4 heteroatoms. The van der Waals surface area contributed by atoms with Crippen LogP contribution in [-0.2, 0) is 17.4 Å². The third-order valence-corrected chi connectivity index (χ3v) is 8.24. The van der Waals surface area contributed by atoms with Gasteiger partial charge in [0.2, 0.25) is 5.91 Å². The van der Waals surface area contributed by atoms with Gasteiger partial charge in [0, 0.05) is 18.7 Å². The molecule has 0 radical (unpaired) electrons. The Hall–Kier alpha value is -2.17. The number of piperidine rings is 1. The first-order valence-corrected chi connectivity index (χ1v) is 12.2. The molecule has 1 heterocycles. The highest BCUT2D eigenvalue weighted by Crippen LogP contribution is 2.40. The van der Waals surface area contributed by atoms with E-state index in [1.54, 1.807) is 6.07 Å². The van der Waals surface area contributed by atoms with Gasteiger partial charge in [-0.2, -0.15) is 0 Å². The van der Waals surface area contributed by atoms with Crippen molar-refractivity contribution in [2.45, 2.75) is 69.8 Å². The highest BCUT2D eigenvalue weighted by atomic mass is 16.3. The van der Waals surface area contributed by atoms with Gasteiger partial charge in [-0.25, -0.2) is 0 Å². The Morgan fingerprint density at radius 3 is 2.50 bits per heavy atom. The maximum Gasteiger partial charge on any atom is 0.248 e. The Balaban J connectivity index is 1.38. The Kier molecular flexibility index (Phi) is 6.73. The molecule has 2 aromatic rings. The summed E-state index contributed by atoms with van der Waals surface area (Å²) in [5.41, 5.74) is 9.16. The lowest BCUT2D eigenvalue weighted by Gasteiger charge is -2.45. The van der Waals surface area contributed by atoms with Crippen molar-refractivity contribution >= 4 is 5.91 Å². The average molecular weight is 435 g/mol. The number of hydrogen-bond acceptors (Lipinski definition) is 3. The number of hydrogen-bond donors (Lipinski definition) is 2. The van der Waals surface area contributed by atoms with E-state index in [0.29, 0.717) is 11.5 Å². The van der Waals surface area contributed by atoms with Crippen LogP contribution in [0.15, 0.2) is 48.5 Å².